The van der Waals surface area contributed by atoms with Crippen LogP contribution in [0.15, 0.2) is 0 Å². The van der Waals surface area contributed by atoms with Gasteiger partial charge in [0.05, 0.1) is 0 Å². The molecule has 1 aliphatic rings. The Hall–Kier alpha value is 0.615. The van der Waals surface area contributed by atoms with Crippen molar-refractivity contribution in [1.29, 1.82) is 0 Å². The van der Waals surface area contributed by atoms with Gasteiger partial charge in [0.25, 0.3) is 0 Å². The number of nitrogens with zero attached hydrogens (tertiary/aromatic N) is 1. The molecule has 1 rings (SSSR count). The van der Waals surface area contributed by atoms with Crippen molar-refractivity contribution in [2.75, 3.05) is 6.54 Å². The molecular formula is C8H15AlNO3ReS-. The van der Waals surface area contributed by atoms with Crippen LogP contribution in [0.25, 0.3) is 0 Å². The number of amides is 1. The minimum Gasteiger partial charge on any atom is -0.440 e. The second-order valence-electron chi connectivity index (χ2n) is 4.34. The van der Waals surface area contributed by atoms with Crippen LogP contribution in [-0.2, 0) is 44.3 Å². The molecule has 0 saturated carbocycles. The Morgan fingerprint density at radius 3 is 2.40 bits per heavy atom. The maximum atomic E-state index is 11.4. The molecule has 1 radical (unpaired) electrons. The van der Waals surface area contributed by atoms with E-state index in [1.54, 1.807) is 17.7 Å². The van der Waals surface area contributed by atoms with E-state index in [4.69, 9.17) is 0 Å². The maximum absolute atomic E-state index is 11.4. The molecular weight excluding hydrogens is 403 g/mol. The summed E-state index contributed by atoms with van der Waals surface area (Å²) in [5.74, 6) is 0.0741. The van der Waals surface area contributed by atoms with Crippen LogP contribution in [0.2, 0.25) is 0 Å². The average Bonchev–Trinajstić information content (AvgIpc) is 2.09. The largest absolute Gasteiger partial charge is 0.440 e. The Balaban J connectivity index is 0.00000196. The van der Waals surface area contributed by atoms with E-state index in [-0.39, 0.29) is 32.2 Å². The summed E-state index contributed by atoms with van der Waals surface area (Å²) >= 11 is 0.739. The van der Waals surface area contributed by atoms with Crippen LogP contribution in [0, 0.1) is 5.92 Å². The molecule has 0 aliphatic carbocycles. The predicted molar refractivity (Wildman–Crippen MR) is 55.8 cm³/mol. The van der Waals surface area contributed by atoms with Gasteiger partial charge >= 0.3 is 16.5 Å². The molecule has 1 unspecified atom stereocenters. The molecule has 0 N–H and O–H groups in total. The summed E-state index contributed by atoms with van der Waals surface area (Å²) in [4.78, 5) is 11.4. The molecule has 15 heavy (non-hydrogen) atoms. The predicted octanol–water partition coefficient (Wildman–Crippen LogP) is -0.141. The zero-order valence-corrected chi connectivity index (χ0v) is 14.7. The molecule has 0 bridgehead atoms. The van der Waals surface area contributed by atoms with Gasteiger partial charge in [0, 0.05) is 26.8 Å². The maximum Gasteiger partial charge on any atom is 0.367 e. The van der Waals surface area contributed by atoms with Crippen LogP contribution in [0.3, 0.4) is 0 Å². The molecule has 1 aliphatic heterocycles. The summed E-state index contributed by atoms with van der Waals surface area (Å²) < 4.78 is 23.0. The van der Waals surface area contributed by atoms with Gasteiger partial charge in [0.2, 0.25) is 0 Å². The van der Waals surface area contributed by atoms with Gasteiger partial charge in [0.1, 0.15) is 0 Å². The van der Waals surface area contributed by atoms with Crippen LogP contribution in [-0.4, -0.2) is 37.6 Å². The summed E-state index contributed by atoms with van der Waals surface area (Å²) in [5.41, 5.74) is 0. The Bertz CT molecular complexity index is 311. The number of piperidine rings is 1. The third-order valence-electron chi connectivity index (χ3n) is 3.07. The van der Waals surface area contributed by atoms with Gasteiger partial charge in [-0.2, -0.15) is 0 Å². The minimum atomic E-state index is -2.11. The van der Waals surface area contributed by atoms with Crippen molar-refractivity contribution in [2.45, 2.75) is 31.4 Å². The van der Waals surface area contributed by atoms with Crippen LogP contribution in [0.4, 0.5) is 0 Å². The molecule has 4 nitrogen and oxygen atoms in total. The van der Waals surface area contributed by atoms with Gasteiger partial charge in [-0.25, -0.2) is 0 Å². The van der Waals surface area contributed by atoms with E-state index in [9.17, 15) is 13.2 Å². The molecule has 0 spiro atoms. The number of carbonyl (C=O) groups excluding carboxylic acids is 1. The zero-order valence-electron chi connectivity index (χ0n) is 9.16. The molecule has 87 valence electrons. The van der Waals surface area contributed by atoms with Crippen molar-refractivity contribution in [3.8, 4) is 0 Å². The van der Waals surface area contributed by atoms with E-state index in [1.165, 1.54) is 0 Å². The van der Waals surface area contributed by atoms with Gasteiger partial charge in [-0.1, -0.05) is 29.3 Å². The Kier molecular flexibility index (Phi) is 6.04. The molecule has 0 aromatic rings. The third-order valence-corrected chi connectivity index (χ3v) is 5.21. The second-order valence-corrected chi connectivity index (χ2v) is 6.94. The van der Waals surface area contributed by atoms with Gasteiger partial charge in [-0.3, -0.25) is 4.79 Å². The average molecular weight is 418 g/mol. The molecule has 7 heteroatoms. The molecule has 1 atom stereocenters. The van der Waals surface area contributed by atoms with E-state index in [0.717, 1.165) is 29.5 Å². The summed E-state index contributed by atoms with van der Waals surface area (Å²) in [7, 11) is -2.11. The van der Waals surface area contributed by atoms with Crippen LogP contribution >= 0.6 is 0 Å². The molecule has 1 heterocycles. The monoisotopic (exact) mass is 419 g/mol. The quantitative estimate of drug-likeness (QED) is 0.463. The number of hydrogen-bond acceptors (Lipinski definition) is 4. The normalized spacial score (nSPS) is 22.7. The SMILES string of the molecule is CC(C)(C1CC[N]([AlH2])C(=O)C1)[S-](=O)=O.[Re]. The first-order valence-electron chi connectivity index (χ1n) is 4.69. The summed E-state index contributed by atoms with van der Waals surface area (Å²) in [5, 5.41) is 0. The fourth-order valence-electron chi connectivity index (χ4n) is 1.67. The fraction of sp³-hybridized carbons (Fsp3) is 0.875. The smallest absolute Gasteiger partial charge is 0.367 e. The van der Waals surface area contributed by atoms with Crippen molar-refractivity contribution in [3.05, 3.63) is 0 Å². The van der Waals surface area contributed by atoms with E-state index in [2.05, 4.69) is 0 Å². The standard InChI is InChI=1S/C8H14NO3S.Al.Re.2H/c1-8(2,13(11)12)6-3-4-9-7(10)5-6;;;;/h6H,3-5H2,1-2H3,(H,9,10);;;;/q-1;+1;;;/p-1. The Labute approximate surface area is 114 Å². The van der Waals surface area contributed by atoms with Crippen molar-refractivity contribution in [2.24, 2.45) is 5.92 Å². The summed E-state index contributed by atoms with van der Waals surface area (Å²) in [6.07, 6.45) is 1.18. The van der Waals surface area contributed by atoms with E-state index < -0.39 is 15.5 Å². The van der Waals surface area contributed by atoms with Crippen LogP contribution in [0.5, 0.6) is 0 Å². The van der Waals surface area contributed by atoms with Crippen molar-refractivity contribution < 1.29 is 33.6 Å². The number of hydrogen-bond donors (Lipinski definition) is 0. The first-order valence-corrected chi connectivity index (χ1v) is 6.66. The van der Waals surface area contributed by atoms with Crippen LogP contribution < -0.4 is 0 Å². The van der Waals surface area contributed by atoms with Gasteiger partial charge in [-0.15, -0.1) is 0 Å². The summed E-state index contributed by atoms with van der Waals surface area (Å²) in [6, 6.07) is 0. The number of rotatable bonds is 2. The third kappa shape index (κ3) is 3.54. The molecule has 1 saturated heterocycles. The number of carbonyl (C=O) groups is 1. The minimum absolute atomic E-state index is 0. The zero-order chi connectivity index (χ0) is 10.9. The molecule has 0 aromatic heterocycles. The van der Waals surface area contributed by atoms with Gasteiger partial charge in [-0.05, 0) is 18.9 Å². The Morgan fingerprint density at radius 2 is 2.00 bits per heavy atom. The second kappa shape index (κ2) is 5.80. The fourth-order valence-corrected chi connectivity index (χ4v) is 2.59. The van der Waals surface area contributed by atoms with Crippen molar-refractivity contribution >= 4 is 33.1 Å². The van der Waals surface area contributed by atoms with E-state index in [0.29, 0.717) is 6.42 Å². The van der Waals surface area contributed by atoms with Gasteiger partial charge in [0.15, 0.2) is 5.91 Å². The summed E-state index contributed by atoms with van der Waals surface area (Å²) in [6.45, 7) is 4.10. The topological polar surface area (TPSA) is 54.5 Å². The van der Waals surface area contributed by atoms with Crippen molar-refractivity contribution in [3.63, 3.8) is 0 Å². The van der Waals surface area contributed by atoms with Crippen LogP contribution in [0.1, 0.15) is 26.7 Å². The molecule has 1 amide bonds. The first-order chi connectivity index (χ1) is 6.35. The van der Waals surface area contributed by atoms with Crippen molar-refractivity contribution in [1.82, 2.24) is 3.88 Å². The van der Waals surface area contributed by atoms with E-state index in [1.807, 2.05) is 0 Å². The molecule has 1 fully saturated rings. The van der Waals surface area contributed by atoms with Gasteiger partial charge < -0.3 is 12.3 Å². The first kappa shape index (κ1) is 15.6. The molecule has 0 aromatic carbocycles. The van der Waals surface area contributed by atoms with E-state index >= 15 is 0 Å². The Morgan fingerprint density at radius 1 is 1.47 bits per heavy atom.